The zero-order valence-corrected chi connectivity index (χ0v) is 12.9. The van der Waals surface area contributed by atoms with Crippen LogP contribution in [0.25, 0.3) is 10.4 Å². The van der Waals surface area contributed by atoms with E-state index in [-0.39, 0.29) is 11.2 Å². The Morgan fingerprint density at radius 2 is 1.74 bits per heavy atom. The molecule has 2 aromatic rings. The Kier molecular flexibility index (Phi) is 3.68. The second kappa shape index (κ2) is 4.97. The van der Waals surface area contributed by atoms with Gasteiger partial charge in [-0.25, -0.2) is 4.39 Å². The molecule has 0 radical (unpaired) electrons. The number of halogens is 1. The molecule has 3 heteroatoms. The van der Waals surface area contributed by atoms with Crippen LogP contribution in [0.15, 0.2) is 30.3 Å². The Morgan fingerprint density at radius 1 is 1.05 bits per heavy atom. The number of rotatable bonds is 2. The molecule has 1 aromatic heterocycles. The molecule has 102 valence electrons. The molecule has 0 aliphatic rings. The van der Waals surface area contributed by atoms with Crippen LogP contribution in [0.4, 0.5) is 10.1 Å². The van der Waals surface area contributed by atoms with Gasteiger partial charge >= 0.3 is 0 Å². The van der Waals surface area contributed by atoms with Crippen molar-refractivity contribution in [2.45, 2.75) is 26.2 Å². The molecular weight excluding hydrogens is 257 g/mol. The van der Waals surface area contributed by atoms with E-state index in [1.807, 2.05) is 26.2 Å². The minimum atomic E-state index is -0.173. The fourth-order valence-electron chi connectivity index (χ4n) is 1.92. The molecule has 2 rings (SSSR count). The largest absolute Gasteiger partial charge is 0.375 e. The molecule has 1 heterocycles. The molecule has 0 fully saturated rings. The molecule has 0 aliphatic carbocycles. The predicted molar refractivity (Wildman–Crippen MR) is 82.7 cm³/mol. The fourth-order valence-corrected chi connectivity index (χ4v) is 2.98. The van der Waals surface area contributed by atoms with Gasteiger partial charge < -0.3 is 4.90 Å². The van der Waals surface area contributed by atoms with Gasteiger partial charge in [0.2, 0.25) is 0 Å². The van der Waals surface area contributed by atoms with E-state index in [1.54, 1.807) is 22.3 Å². The van der Waals surface area contributed by atoms with Gasteiger partial charge in [0.25, 0.3) is 0 Å². The maximum Gasteiger partial charge on any atom is 0.147 e. The van der Waals surface area contributed by atoms with Crippen molar-refractivity contribution < 1.29 is 4.39 Å². The molecule has 1 aromatic carbocycles. The van der Waals surface area contributed by atoms with Crippen molar-refractivity contribution in [1.29, 1.82) is 0 Å². The maximum atomic E-state index is 14.0. The fraction of sp³-hybridized carbons (Fsp3) is 0.375. The van der Waals surface area contributed by atoms with Crippen LogP contribution in [0.2, 0.25) is 0 Å². The van der Waals surface area contributed by atoms with Crippen LogP contribution < -0.4 is 4.90 Å². The second-order valence-electron chi connectivity index (χ2n) is 5.97. The summed E-state index contributed by atoms with van der Waals surface area (Å²) in [7, 11) is 3.70. The summed E-state index contributed by atoms with van der Waals surface area (Å²) in [6, 6.07) is 9.65. The summed E-state index contributed by atoms with van der Waals surface area (Å²) in [5.41, 5.74) is 1.71. The number of thiophene rings is 1. The molecule has 0 amide bonds. The predicted octanol–water partition coefficient (Wildman–Crippen LogP) is 4.92. The third-order valence-electron chi connectivity index (χ3n) is 3.06. The number of benzene rings is 1. The van der Waals surface area contributed by atoms with Crippen LogP contribution in [0, 0.1) is 5.82 Å². The van der Waals surface area contributed by atoms with Crippen LogP contribution >= 0.6 is 11.3 Å². The molecule has 1 nitrogen and oxygen atoms in total. The van der Waals surface area contributed by atoms with Crippen LogP contribution in [-0.4, -0.2) is 14.1 Å². The first kappa shape index (κ1) is 14.1. The summed E-state index contributed by atoms with van der Waals surface area (Å²) >= 11 is 1.74. The normalized spacial score (nSPS) is 11.7. The van der Waals surface area contributed by atoms with Crippen molar-refractivity contribution >= 4 is 17.0 Å². The zero-order chi connectivity index (χ0) is 14.2. The first-order chi connectivity index (χ1) is 8.79. The minimum absolute atomic E-state index is 0.144. The Bertz CT molecular complexity index is 579. The average molecular weight is 277 g/mol. The number of anilines is 1. The van der Waals surface area contributed by atoms with Crippen LogP contribution in [-0.2, 0) is 5.41 Å². The summed E-state index contributed by atoms with van der Waals surface area (Å²) in [4.78, 5) is 4.22. The van der Waals surface area contributed by atoms with Crippen molar-refractivity contribution in [2.24, 2.45) is 0 Å². The topological polar surface area (TPSA) is 3.24 Å². The van der Waals surface area contributed by atoms with Gasteiger partial charge in [-0.15, -0.1) is 11.3 Å². The first-order valence-corrected chi connectivity index (χ1v) is 7.18. The molecule has 0 unspecified atom stereocenters. The van der Waals surface area contributed by atoms with Crippen molar-refractivity contribution in [2.75, 3.05) is 19.0 Å². The van der Waals surface area contributed by atoms with E-state index < -0.39 is 0 Å². The van der Waals surface area contributed by atoms with Gasteiger partial charge in [-0.2, -0.15) is 0 Å². The van der Waals surface area contributed by atoms with E-state index in [9.17, 15) is 4.39 Å². The summed E-state index contributed by atoms with van der Waals surface area (Å²) in [6.07, 6.45) is 0. The molecule has 0 atom stereocenters. The Morgan fingerprint density at radius 3 is 2.21 bits per heavy atom. The summed E-state index contributed by atoms with van der Waals surface area (Å²) in [6.45, 7) is 6.58. The second-order valence-corrected chi connectivity index (χ2v) is 7.06. The van der Waals surface area contributed by atoms with E-state index >= 15 is 0 Å². The first-order valence-electron chi connectivity index (χ1n) is 6.36. The Hall–Kier alpha value is -1.35. The summed E-state index contributed by atoms with van der Waals surface area (Å²) in [5.74, 6) is -0.173. The van der Waals surface area contributed by atoms with E-state index in [0.717, 1.165) is 10.4 Å². The summed E-state index contributed by atoms with van der Waals surface area (Å²) < 4.78 is 14.0. The third-order valence-corrected chi connectivity index (χ3v) is 4.62. The lowest BCUT2D eigenvalue weighted by Gasteiger charge is -2.15. The quantitative estimate of drug-likeness (QED) is 0.753. The molecular formula is C16H20FNS. The van der Waals surface area contributed by atoms with Crippen molar-refractivity contribution in [3.8, 4) is 10.4 Å². The lowest BCUT2D eigenvalue weighted by atomic mass is 9.95. The number of hydrogen-bond acceptors (Lipinski definition) is 2. The molecule has 0 aliphatic heterocycles. The van der Waals surface area contributed by atoms with Gasteiger partial charge in [0.1, 0.15) is 5.82 Å². The van der Waals surface area contributed by atoms with Gasteiger partial charge in [0.15, 0.2) is 0 Å². The molecule has 19 heavy (non-hydrogen) atoms. The molecule has 0 saturated heterocycles. The number of nitrogens with zero attached hydrogens (tertiary/aromatic N) is 1. The Balaban J connectivity index is 2.38. The third kappa shape index (κ3) is 2.98. The molecule has 0 spiro atoms. The van der Waals surface area contributed by atoms with Gasteiger partial charge in [-0.3, -0.25) is 0 Å². The van der Waals surface area contributed by atoms with Gasteiger partial charge in [0, 0.05) is 23.8 Å². The highest BCUT2D eigenvalue weighted by Crippen LogP contribution is 2.36. The van der Waals surface area contributed by atoms with E-state index in [2.05, 4.69) is 32.9 Å². The molecule has 0 N–H and O–H groups in total. The molecule has 0 bridgehead atoms. The smallest absolute Gasteiger partial charge is 0.147 e. The van der Waals surface area contributed by atoms with Gasteiger partial charge in [-0.05, 0) is 35.2 Å². The van der Waals surface area contributed by atoms with Crippen LogP contribution in [0.1, 0.15) is 25.6 Å². The lowest BCUT2D eigenvalue weighted by Crippen LogP contribution is -2.10. The maximum absolute atomic E-state index is 14.0. The monoisotopic (exact) mass is 277 g/mol. The highest BCUT2D eigenvalue weighted by Gasteiger charge is 2.17. The summed E-state index contributed by atoms with van der Waals surface area (Å²) in [5, 5.41) is 0. The lowest BCUT2D eigenvalue weighted by molar-refractivity contribution is 0.604. The van der Waals surface area contributed by atoms with Gasteiger partial charge in [-0.1, -0.05) is 26.8 Å². The van der Waals surface area contributed by atoms with Gasteiger partial charge in [0.05, 0.1) is 5.69 Å². The number of hydrogen-bond donors (Lipinski definition) is 0. The van der Waals surface area contributed by atoms with Crippen molar-refractivity contribution in [3.05, 3.63) is 41.0 Å². The Labute approximate surface area is 118 Å². The van der Waals surface area contributed by atoms with Crippen molar-refractivity contribution in [1.82, 2.24) is 0 Å². The van der Waals surface area contributed by atoms with E-state index in [4.69, 9.17) is 0 Å². The highest BCUT2D eigenvalue weighted by atomic mass is 32.1. The average Bonchev–Trinajstić information content (AvgIpc) is 2.76. The standard InChI is InChI=1S/C16H20FNS/c1-16(2,3)15-9-8-14(19-15)11-6-7-13(18(4)5)12(17)10-11/h6-10H,1-5H3. The minimum Gasteiger partial charge on any atom is -0.375 e. The van der Waals surface area contributed by atoms with E-state index in [0.29, 0.717) is 5.69 Å². The van der Waals surface area contributed by atoms with Crippen molar-refractivity contribution in [3.63, 3.8) is 0 Å². The van der Waals surface area contributed by atoms with Crippen LogP contribution in [0.5, 0.6) is 0 Å². The van der Waals surface area contributed by atoms with Crippen LogP contribution in [0.3, 0.4) is 0 Å². The SMILES string of the molecule is CN(C)c1ccc(-c2ccc(C(C)(C)C)s2)cc1F. The van der Waals surface area contributed by atoms with E-state index in [1.165, 1.54) is 4.88 Å². The molecule has 0 saturated carbocycles. The highest BCUT2D eigenvalue weighted by molar-refractivity contribution is 7.15. The zero-order valence-electron chi connectivity index (χ0n) is 12.1.